The van der Waals surface area contributed by atoms with Crippen molar-refractivity contribution in [3.63, 3.8) is 0 Å². The van der Waals surface area contributed by atoms with Crippen molar-refractivity contribution in [3.05, 3.63) is 11.6 Å². The third-order valence-electron chi connectivity index (χ3n) is 1.88. The number of carbonyl (C=O) groups excluding carboxylic acids is 1. The first-order valence-corrected chi connectivity index (χ1v) is 5.72. The summed E-state index contributed by atoms with van der Waals surface area (Å²) in [6.45, 7) is 1.48. The third kappa shape index (κ3) is 2.77. The van der Waals surface area contributed by atoms with E-state index in [-0.39, 0.29) is 17.3 Å². The van der Waals surface area contributed by atoms with E-state index in [2.05, 4.69) is 0 Å². The molecule has 0 aliphatic carbocycles. The number of sulfone groups is 1. The highest BCUT2D eigenvalue weighted by atomic mass is 32.2. The lowest BCUT2D eigenvalue weighted by Crippen LogP contribution is -2.18. The Kier molecular flexibility index (Phi) is 2.67. The Balaban J connectivity index is 2.64. The number of carbonyl (C=O) groups is 1. The molecule has 0 aromatic carbocycles. The molecule has 1 rings (SSSR count). The maximum atomic E-state index is 11.0. The van der Waals surface area contributed by atoms with Gasteiger partial charge in [0.2, 0.25) is 0 Å². The minimum atomic E-state index is -2.80. The van der Waals surface area contributed by atoms with E-state index in [1.54, 1.807) is 6.08 Å². The van der Waals surface area contributed by atoms with Crippen LogP contribution in [0.2, 0.25) is 0 Å². The predicted octanol–water partition coefficient (Wildman–Crippen LogP) is 0.710. The normalized spacial score (nSPS) is 21.9. The number of hydrogen-bond donors (Lipinski definition) is 0. The molecule has 68 valence electrons. The van der Waals surface area contributed by atoms with E-state index in [0.717, 1.165) is 5.57 Å². The third-order valence-corrected chi connectivity index (χ3v) is 3.53. The van der Waals surface area contributed by atoms with Gasteiger partial charge in [-0.3, -0.25) is 4.79 Å². The van der Waals surface area contributed by atoms with Crippen LogP contribution >= 0.6 is 0 Å². The summed E-state index contributed by atoms with van der Waals surface area (Å²) >= 11 is 0. The fourth-order valence-electron chi connectivity index (χ4n) is 1.23. The lowest BCUT2D eigenvalue weighted by molar-refractivity contribution is -0.112. The van der Waals surface area contributed by atoms with Crippen molar-refractivity contribution in [3.8, 4) is 0 Å². The van der Waals surface area contributed by atoms with E-state index in [1.807, 2.05) is 0 Å². The number of allylic oxidation sites excluding steroid dienone is 2. The molecule has 0 spiro atoms. The average molecular weight is 188 g/mol. The second-order valence-electron chi connectivity index (χ2n) is 3.07. The Hall–Kier alpha value is -0.640. The predicted molar refractivity (Wildman–Crippen MR) is 46.7 cm³/mol. The molecule has 3 nitrogen and oxygen atoms in total. The van der Waals surface area contributed by atoms with Gasteiger partial charge in [0.25, 0.3) is 0 Å². The zero-order valence-corrected chi connectivity index (χ0v) is 7.86. The van der Waals surface area contributed by atoms with E-state index in [1.165, 1.54) is 6.92 Å². The summed E-state index contributed by atoms with van der Waals surface area (Å²) in [6, 6.07) is 0. The quantitative estimate of drug-likeness (QED) is 0.569. The summed E-state index contributed by atoms with van der Waals surface area (Å²) in [4.78, 5) is 10.6. The van der Waals surface area contributed by atoms with Gasteiger partial charge in [0.05, 0.1) is 11.5 Å². The fraction of sp³-hybridized carbons (Fsp3) is 0.625. The van der Waals surface area contributed by atoms with Crippen molar-refractivity contribution in [1.82, 2.24) is 0 Å². The summed E-state index contributed by atoms with van der Waals surface area (Å²) < 4.78 is 21.9. The summed E-state index contributed by atoms with van der Waals surface area (Å²) in [5.74, 6) is 0.405. The number of ketones is 1. The molecule has 0 aromatic heterocycles. The fourth-order valence-corrected chi connectivity index (χ4v) is 2.58. The monoisotopic (exact) mass is 188 g/mol. The van der Waals surface area contributed by atoms with E-state index in [4.69, 9.17) is 0 Å². The van der Waals surface area contributed by atoms with Gasteiger partial charge in [0.1, 0.15) is 0 Å². The van der Waals surface area contributed by atoms with E-state index < -0.39 is 9.84 Å². The van der Waals surface area contributed by atoms with Gasteiger partial charge >= 0.3 is 0 Å². The van der Waals surface area contributed by atoms with Crippen molar-refractivity contribution < 1.29 is 13.2 Å². The Labute approximate surface area is 72.4 Å². The molecule has 1 fully saturated rings. The Bertz CT molecular complexity index is 295. The van der Waals surface area contributed by atoms with Gasteiger partial charge < -0.3 is 0 Å². The lowest BCUT2D eigenvalue weighted by Gasteiger charge is -2.13. The van der Waals surface area contributed by atoms with Crippen LogP contribution in [0.3, 0.4) is 0 Å². The lowest BCUT2D eigenvalue weighted by atomic mass is 10.1. The van der Waals surface area contributed by atoms with Crippen LogP contribution in [-0.4, -0.2) is 25.7 Å². The van der Waals surface area contributed by atoms with Crippen molar-refractivity contribution in [2.45, 2.75) is 19.8 Å². The molecule has 0 amide bonds. The maximum absolute atomic E-state index is 11.0. The van der Waals surface area contributed by atoms with Gasteiger partial charge in [-0.15, -0.1) is 0 Å². The van der Waals surface area contributed by atoms with Crippen LogP contribution in [0.5, 0.6) is 0 Å². The van der Waals surface area contributed by atoms with Crippen molar-refractivity contribution in [1.29, 1.82) is 0 Å². The minimum Gasteiger partial charge on any atom is -0.295 e. The summed E-state index contributed by atoms with van der Waals surface area (Å²) in [6.07, 6.45) is 2.61. The van der Waals surface area contributed by atoms with Crippen molar-refractivity contribution >= 4 is 15.6 Å². The van der Waals surface area contributed by atoms with Gasteiger partial charge in [0, 0.05) is 0 Å². The summed E-state index contributed by atoms with van der Waals surface area (Å²) in [5, 5.41) is 0. The zero-order chi connectivity index (χ0) is 9.19. The van der Waals surface area contributed by atoms with Crippen LogP contribution in [0.4, 0.5) is 0 Å². The van der Waals surface area contributed by atoms with Gasteiger partial charge in [-0.1, -0.05) is 5.57 Å². The molecule has 0 unspecified atom stereocenters. The molecule has 1 aliphatic heterocycles. The van der Waals surface area contributed by atoms with E-state index >= 15 is 0 Å². The van der Waals surface area contributed by atoms with Crippen LogP contribution in [0.1, 0.15) is 19.8 Å². The standard InChI is InChI=1S/C8H12O3S/c1-7(9)6-8-2-4-12(10,11)5-3-8/h6H,2-5H2,1H3. The molecular weight excluding hydrogens is 176 g/mol. The largest absolute Gasteiger partial charge is 0.295 e. The van der Waals surface area contributed by atoms with E-state index in [9.17, 15) is 13.2 Å². The highest BCUT2D eigenvalue weighted by Crippen LogP contribution is 2.17. The highest BCUT2D eigenvalue weighted by Gasteiger charge is 2.18. The molecule has 12 heavy (non-hydrogen) atoms. The Morgan fingerprint density at radius 2 is 1.83 bits per heavy atom. The van der Waals surface area contributed by atoms with Gasteiger partial charge in [-0.2, -0.15) is 0 Å². The molecule has 0 bridgehead atoms. The smallest absolute Gasteiger partial charge is 0.152 e. The second-order valence-corrected chi connectivity index (χ2v) is 5.37. The molecule has 0 N–H and O–H groups in total. The SMILES string of the molecule is CC(=O)C=C1CCS(=O)(=O)CC1. The molecule has 1 aliphatic rings. The minimum absolute atomic E-state index is 0.00398. The second kappa shape index (κ2) is 3.39. The van der Waals surface area contributed by atoms with Gasteiger partial charge in [0.15, 0.2) is 15.6 Å². The van der Waals surface area contributed by atoms with Gasteiger partial charge in [-0.25, -0.2) is 8.42 Å². The van der Waals surface area contributed by atoms with Crippen LogP contribution in [0, 0.1) is 0 Å². The molecule has 4 heteroatoms. The maximum Gasteiger partial charge on any atom is 0.152 e. The summed E-state index contributed by atoms with van der Waals surface area (Å²) in [5.41, 5.74) is 0.970. The first-order valence-electron chi connectivity index (χ1n) is 3.90. The Morgan fingerprint density at radius 3 is 2.25 bits per heavy atom. The van der Waals surface area contributed by atoms with Gasteiger partial charge in [-0.05, 0) is 25.8 Å². The average Bonchev–Trinajstić information content (AvgIpc) is 1.93. The zero-order valence-electron chi connectivity index (χ0n) is 7.04. The Morgan fingerprint density at radius 1 is 1.33 bits per heavy atom. The summed E-state index contributed by atoms with van der Waals surface area (Å²) in [7, 11) is -2.80. The molecule has 1 saturated heterocycles. The molecule has 0 radical (unpaired) electrons. The molecule has 1 heterocycles. The van der Waals surface area contributed by atoms with Crippen LogP contribution in [-0.2, 0) is 14.6 Å². The van der Waals surface area contributed by atoms with Crippen LogP contribution in [0.25, 0.3) is 0 Å². The van der Waals surface area contributed by atoms with Crippen molar-refractivity contribution in [2.24, 2.45) is 0 Å². The first kappa shape index (κ1) is 9.45. The van der Waals surface area contributed by atoms with Crippen LogP contribution in [0.15, 0.2) is 11.6 Å². The number of rotatable bonds is 1. The molecule has 0 atom stereocenters. The number of hydrogen-bond acceptors (Lipinski definition) is 3. The topological polar surface area (TPSA) is 51.2 Å². The molecule has 0 saturated carbocycles. The van der Waals surface area contributed by atoms with Crippen LogP contribution < -0.4 is 0 Å². The van der Waals surface area contributed by atoms with Crippen molar-refractivity contribution in [2.75, 3.05) is 11.5 Å². The highest BCUT2D eigenvalue weighted by molar-refractivity contribution is 7.91. The molecular formula is C8H12O3S. The first-order chi connectivity index (χ1) is 5.49. The molecule has 0 aromatic rings. The van der Waals surface area contributed by atoms with E-state index in [0.29, 0.717) is 12.8 Å².